The number of halogens is 1. The van der Waals surface area contributed by atoms with Crippen molar-refractivity contribution in [2.75, 3.05) is 28.3 Å². The van der Waals surface area contributed by atoms with Gasteiger partial charge in [0.15, 0.2) is 15.6 Å². The Morgan fingerprint density at radius 1 is 0.603 bits per heavy atom. The van der Waals surface area contributed by atoms with Gasteiger partial charge in [0, 0.05) is 21.8 Å². The van der Waals surface area contributed by atoms with Crippen LogP contribution in [0, 0.1) is 0 Å². The molecule has 332 valence electrons. The Morgan fingerprint density at radius 2 is 1.21 bits per heavy atom. The van der Waals surface area contributed by atoms with Crippen LogP contribution in [0.25, 0.3) is 10.8 Å². The maximum Gasteiger partial charge on any atom is 0.397 e. The first kappa shape index (κ1) is 46.5. The van der Waals surface area contributed by atoms with Crippen molar-refractivity contribution < 1.29 is 69.6 Å². The number of rotatable bonds is 16. The fraction of sp³-hybridized carbons (Fsp3) is 0.0606. The van der Waals surface area contributed by atoms with E-state index in [0.717, 1.165) is 30.3 Å². The Hall–Kier alpha value is -5.99. The smallest absolute Gasteiger partial charge is 0.397 e. The average Bonchev–Trinajstić information content (AvgIpc) is 3.16. The van der Waals surface area contributed by atoms with Gasteiger partial charge in [0.05, 0.1) is 27.8 Å². The van der Waals surface area contributed by atoms with Crippen LogP contribution < -0.4 is 16.0 Å². The summed E-state index contributed by atoms with van der Waals surface area (Å²) in [5, 5.41) is 26.7. The molecule has 0 saturated heterocycles. The number of phenolic OH excluding ortho intramolecular Hbond substituents is 1. The number of anilines is 6. The minimum Gasteiger partial charge on any atom is -0.505 e. The fourth-order valence-electron chi connectivity index (χ4n) is 5.45. The minimum absolute atomic E-state index is 0.0288. The summed E-state index contributed by atoms with van der Waals surface area (Å²) in [5.41, 5.74) is -1.64. The third-order valence-electron chi connectivity index (χ3n) is 8.12. The number of nitrogens with one attached hydrogen (secondary N) is 3. The standard InChI is InChI=1S/C33H27ClN8O16S5/c34-19-8-10-20(11-9-19)35-31-38-32(36-21-4-3-5-22(16-21)59(44,45)13-12-58-63(55,56)57)40-33(39-31)37-25-17-23(60(46,47)48)14-18-15-27(62(52,53)54)29(30(43)28(18)25)42-41-24-6-1-2-7-26(24)61(49,50)51/h1-11,14-17,43H,12-13H2,(H,46,47,48)(H,49,50,51)(H,52,53,54)(H,55,56,57)(H3,35,36,37,38,39,40). The van der Waals surface area contributed by atoms with Crippen LogP contribution in [0.15, 0.2) is 121 Å². The highest BCUT2D eigenvalue weighted by molar-refractivity contribution is 7.91. The third-order valence-corrected chi connectivity index (χ3v) is 13.1. The van der Waals surface area contributed by atoms with Crippen molar-refractivity contribution in [2.45, 2.75) is 19.6 Å². The molecular weight excluding hydrogens is 960 g/mol. The predicted octanol–water partition coefficient (Wildman–Crippen LogP) is 5.36. The molecule has 0 amide bonds. The summed E-state index contributed by atoms with van der Waals surface area (Å²) in [6.45, 7) is -0.909. The molecule has 0 unspecified atom stereocenters. The molecule has 0 bridgehead atoms. The van der Waals surface area contributed by atoms with E-state index in [2.05, 4.69) is 45.3 Å². The summed E-state index contributed by atoms with van der Waals surface area (Å²) in [6, 6.07) is 17.7. The van der Waals surface area contributed by atoms with Crippen molar-refractivity contribution in [3.8, 4) is 5.75 Å². The van der Waals surface area contributed by atoms with Crippen LogP contribution in [-0.4, -0.2) is 92.7 Å². The molecule has 0 aliphatic heterocycles. The number of sulfone groups is 1. The monoisotopic (exact) mass is 986 g/mol. The van der Waals surface area contributed by atoms with Crippen LogP contribution in [-0.2, 0) is 54.8 Å². The Balaban J connectivity index is 1.50. The number of phenols is 1. The summed E-state index contributed by atoms with van der Waals surface area (Å²) < 4.78 is 164. The highest BCUT2D eigenvalue weighted by atomic mass is 35.5. The van der Waals surface area contributed by atoms with Gasteiger partial charge in [-0.2, -0.15) is 48.6 Å². The van der Waals surface area contributed by atoms with Crippen LogP contribution in [0.4, 0.5) is 46.3 Å². The molecular formula is C33H27ClN8O16S5. The molecule has 6 aromatic rings. The van der Waals surface area contributed by atoms with Gasteiger partial charge in [-0.15, -0.1) is 10.2 Å². The number of azo groups is 1. The number of nitrogens with zero attached hydrogens (tertiary/aromatic N) is 5. The van der Waals surface area contributed by atoms with Crippen LogP contribution >= 0.6 is 11.6 Å². The highest BCUT2D eigenvalue weighted by Crippen LogP contribution is 2.46. The molecule has 5 aromatic carbocycles. The number of hydrogen-bond acceptors (Lipinski definition) is 20. The van der Waals surface area contributed by atoms with Gasteiger partial charge >= 0.3 is 10.4 Å². The lowest BCUT2D eigenvalue weighted by Crippen LogP contribution is -2.15. The van der Waals surface area contributed by atoms with Crippen molar-refractivity contribution in [2.24, 2.45) is 10.2 Å². The molecule has 63 heavy (non-hydrogen) atoms. The molecule has 24 nitrogen and oxygen atoms in total. The van der Waals surface area contributed by atoms with Gasteiger partial charge < -0.3 is 21.1 Å². The molecule has 6 rings (SSSR count). The largest absolute Gasteiger partial charge is 0.505 e. The van der Waals surface area contributed by atoms with E-state index < -0.39 is 117 Å². The molecule has 0 aliphatic rings. The Bertz CT molecular complexity index is 3400. The molecule has 30 heteroatoms. The minimum atomic E-state index is -5.36. The molecule has 1 heterocycles. The predicted molar refractivity (Wildman–Crippen MR) is 223 cm³/mol. The van der Waals surface area contributed by atoms with Gasteiger partial charge in [-0.05, 0) is 78.2 Å². The lowest BCUT2D eigenvalue weighted by Gasteiger charge is -2.16. The van der Waals surface area contributed by atoms with Crippen molar-refractivity contribution in [1.82, 2.24) is 15.0 Å². The fourth-order valence-corrected chi connectivity index (χ4v) is 8.93. The molecule has 0 atom stereocenters. The van der Waals surface area contributed by atoms with Crippen LogP contribution in [0.2, 0.25) is 5.02 Å². The van der Waals surface area contributed by atoms with E-state index in [4.69, 9.17) is 16.2 Å². The zero-order valence-corrected chi connectivity index (χ0v) is 35.8. The number of aromatic nitrogens is 3. The van der Waals surface area contributed by atoms with Gasteiger partial charge in [-0.3, -0.25) is 18.2 Å². The molecule has 1 aromatic heterocycles. The number of benzene rings is 5. The van der Waals surface area contributed by atoms with E-state index >= 15 is 0 Å². The highest BCUT2D eigenvalue weighted by Gasteiger charge is 2.27. The molecule has 8 N–H and O–H groups in total. The maximum absolute atomic E-state index is 12.9. The van der Waals surface area contributed by atoms with Crippen molar-refractivity contribution in [1.29, 1.82) is 0 Å². The second kappa shape index (κ2) is 17.6. The molecule has 0 saturated carbocycles. The first-order valence-corrected chi connectivity index (χ1v) is 24.5. The maximum atomic E-state index is 12.9. The van der Waals surface area contributed by atoms with Crippen molar-refractivity contribution >= 4 is 119 Å². The zero-order valence-electron chi connectivity index (χ0n) is 31.0. The van der Waals surface area contributed by atoms with Crippen molar-refractivity contribution in [3.63, 3.8) is 0 Å². The van der Waals surface area contributed by atoms with Crippen LogP contribution in [0.5, 0.6) is 5.75 Å². The zero-order chi connectivity index (χ0) is 46.1. The SMILES string of the molecule is O=S(=O)(O)OCCS(=O)(=O)c1cccc(Nc2nc(Nc3ccc(Cl)cc3)nc(Nc3cc(S(=O)(=O)O)cc4cc(S(=O)(=O)O)c(N=Nc5ccccc5S(=O)(=O)O)c(O)c34)n2)c1. The first-order valence-electron chi connectivity index (χ1n) is 16.8. The first-order chi connectivity index (χ1) is 29.3. The quantitative estimate of drug-likeness (QED) is 0.0446. The second-order valence-electron chi connectivity index (χ2n) is 12.5. The third kappa shape index (κ3) is 11.7. The summed E-state index contributed by atoms with van der Waals surface area (Å²) in [6.07, 6.45) is 0. The van der Waals surface area contributed by atoms with E-state index in [-0.39, 0.29) is 22.5 Å². The Kier molecular flexibility index (Phi) is 13.0. The van der Waals surface area contributed by atoms with E-state index in [0.29, 0.717) is 16.8 Å². The number of fused-ring (bicyclic) bond motifs is 1. The number of aromatic hydroxyl groups is 1. The molecule has 0 spiro atoms. The summed E-state index contributed by atoms with van der Waals surface area (Å²) in [4.78, 5) is 9.62. The second-order valence-corrected chi connectivity index (χ2v) is 20.4. The van der Waals surface area contributed by atoms with Gasteiger partial charge in [0.1, 0.15) is 21.2 Å². The van der Waals surface area contributed by atoms with E-state index in [9.17, 15) is 60.9 Å². The van der Waals surface area contributed by atoms with Crippen molar-refractivity contribution in [3.05, 3.63) is 96.0 Å². The van der Waals surface area contributed by atoms with E-state index in [1.165, 1.54) is 54.6 Å². The number of hydrogen-bond donors (Lipinski definition) is 8. The lowest BCUT2D eigenvalue weighted by atomic mass is 10.1. The normalized spacial score (nSPS) is 12.7. The van der Waals surface area contributed by atoms with Gasteiger partial charge in [0.2, 0.25) is 17.8 Å². The summed E-state index contributed by atoms with van der Waals surface area (Å²) in [7, 11) is -24.5. The van der Waals surface area contributed by atoms with Gasteiger partial charge in [0.25, 0.3) is 30.4 Å². The Morgan fingerprint density at radius 3 is 1.81 bits per heavy atom. The van der Waals surface area contributed by atoms with Gasteiger partial charge in [-0.25, -0.2) is 12.6 Å². The van der Waals surface area contributed by atoms with Gasteiger partial charge in [-0.1, -0.05) is 29.8 Å². The van der Waals surface area contributed by atoms with Crippen LogP contribution in [0.3, 0.4) is 0 Å². The lowest BCUT2D eigenvalue weighted by molar-refractivity contribution is 0.284. The van der Waals surface area contributed by atoms with E-state index in [1.54, 1.807) is 0 Å². The average molecular weight is 987 g/mol. The Labute approximate surface area is 361 Å². The van der Waals surface area contributed by atoms with Crippen LogP contribution in [0.1, 0.15) is 0 Å². The van der Waals surface area contributed by atoms with E-state index in [1.807, 2.05) is 0 Å². The summed E-state index contributed by atoms with van der Waals surface area (Å²) in [5.74, 6) is -3.05. The molecule has 0 fully saturated rings. The topological polar surface area (TPSA) is 381 Å². The molecule has 0 aliphatic carbocycles. The molecule has 0 radical (unpaired) electrons. The summed E-state index contributed by atoms with van der Waals surface area (Å²) >= 11 is 6.01.